The van der Waals surface area contributed by atoms with Crippen LogP contribution in [0.3, 0.4) is 0 Å². The highest BCUT2D eigenvalue weighted by Gasteiger charge is 2.39. The Balaban J connectivity index is 1.38. The van der Waals surface area contributed by atoms with Crippen LogP contribution in [0.15, 0.2) is 24.3 Å². The maximum Gasteiger partial charge on any atom is 0.268 e. The van der Waals surface area contributed by atoms with Crippen LogP contribution in [0.4, 0.5) is 0 Å². The normalized spacial score (nSPS) is 19.4. The Kier molecular flexibility index (Phi) is 9.66. The summed E-state index contributed by atoms with van der Waals surface area (Å²) in [6.07, 6.45) is 3.31. The Labute approximate surface area is 234 Å². The number of carbonyl (C=O) groups is 3. The number of rotatable bonds is 15. The molecule has 1 aromatic carbocycles. The van der Waals surface area contributed by atoms with Gasteiger partial charge >= 0.3 is 0 Å². The first-order chi connectivity index (χ1) is 19.2. The molecule has 2 aliphatic rings. The largest absolute Gasteiger partial charge is 0.490 e. The van der Waals surface area contributed by atoms with Crippen molar-refractivity contribution in [3.8, 4) is 11.8 Å². The van der Waals surface area contributed by atoms with Crippen molar-refractivity contribution in [1.82, 2.24) is 20.9 Å². The number of fused-ring (bicyclic) bond motifs is 1. The molecule has 4 N–H and O–H groups in total. The molecule has 1 saturated carbocycles. The molecule has 0 radical (unpaired) electrons. The van der Waals surface area contributed by atoms with Crippen LogP contribution in [-0.2, 0) is 19.1 Å². The predicted octanol–water partition coefficient (Wildman–Crippen LogP) is 2.42. The Bertz CT molecular complexity index is 1250. The van der Waals surface area contributed by atoms with E-state index in [0.29, 0.717) is 56.6 Å². The monoisotopic (exact) mass is 553 g/mol. The number of ether oxygens (including phenoxy) is 3. The van der Waals surface area contributed by atoms with Crippen LogP contribution in [0.5, 0.6) is 5.75 Å². The lowest BCUT2D eigenvalue weighted by molar-refractivity contribution is -0.125. The molecule has 2 heterocycles. The molecule has 216 valence electrons. The van der Waals surface area contributed by atoms with Crippen LogP contribution in [-0.4, -0.2) is 73.9 Å². The molecule has 4 rings (SSSR count). The zero-order valence-corrected chi connectivity index (χ0v) is 23.4. The third-order valence-corrected chi connectivity index (χ3v) is 7.26. The molecule has 1 aliphatic carbocycles. The standard InChI is InChI=1S/C29H39N5O6/c1-29(2)16-19(26(35)34-29)14-20(17-30)31-27(36)23(13-18-7-8-18)33-28(37)24-15-21-22(32-24)5-4-6-25(21)40-12-11-39-10-9-38-3/h4-6,15,18-20,23,32H,7-14,16H2,1-3H3,(H,31,36)(H,33,37)(H,34,35). The number of aromatic nitrogens is 1. The number of nitriles is 1. The van der Waals surface area contributed by atoms with E-state index >= 15 is 0 Å². The van der Waals surface area contributed by atoms with Crippen LogP contribution in [0.1, 0.15) is 56.4 Å². The van der Waals surface area contributed by atoms with Crippen LogP contribution in [0, 0.1) is 23.2 Å². The smallest absolute Gasteiger partial charge is 0.268 e. The van der Waals surface area contributed by atoms with Crippen molar-refractivity contribution in [2.24, 2.45) is 11.8 Å². The van der Waals surface area contributed by atoms with Gasteiger partial charge in [0.05, 0.1) is 25.9 Å². The minimum atomic E-state index is -0.831. The van der Waals surface area contributed by atoms with Crippen molar-refractivity contribution in [3.05, 3.63) is 30.0 Å². The van der Waals surface area contributed by atoms with E-state index in [4.69, 9.17) is 14.2 Å². The number of amides is 3. The van der Waals surface area contributed by atoms with E-state index in [0.717, 1.165) is 23.7 Å². The zero-order chi connectivity index (χ0) is 28.7. The minimum absolute atomic E-state index is 0.108. The van der Waals surface area contributed by atoms with E-state index in [1.807, 2.05) is 32.0 Å². The van der Waals surface area contributed by atoms with Gasteiger partial charge < -0.3 is 35.1 Å². The molecular weight excluding hydrogens is 514 g/mol. The number of carbonyl (C=O) groups excluding carboxylic acids is 3. The van der Waals surface area contributed by atoms with Crippen molar-refractivity contribution in [2.45, 2.75) is 63.6 Å². The number of benzene rings is 1. The number of nitrogens with zero attached hydrogens (tertiary/aromatic N) is 1. The van der Waals surface area contributed by atoms with Gasteiger partial charge in [0, 0.05) is 29.5 Å². The first-order valence-electron chi connectivity index (χ1n) is 13.8. The van der Waals surface area contributed by atoms with Gasteiger partial charge in [-0.1, -0.05) is 18.9 Å². The first kappa shape index (κ1) is 29.4. The van der Waals surface area contributed by atoms with Gasteiger partial charge in [0.25, 0.3) is 5.91 Å². The van der Waals surface area contributed by atoms with Crippen LogP contribution in [0.25, 0.3) is 10.9 Å². The van der Waals surface area contributed by atoms with Gasteiger partial charge in [0.2, 0.25) is 11.8 Å². The van der Waals surface area contributed by atoms with Gasteiger partial charge in [-0.05, 0) is 57.2 Å². The molecule has 40 heavy (non-hydrogen) atoms. The summed E-state index contributed by atoms with van der Waals surface area (Å²) in [6.45, 7) is 5.62. The number of hydrogen-bond donors (Lipinski definition) is 4. The lowest BCUT2D eigenvalue weighted by Gasteiger charge is -2.21. The molecule has 0 bridgehead atoms. The van der Waals surface area contributed by atoms with Crippen LogP contribution >= 0.6 is 0 Å². The third kappa shape index (κ3) is 7.96. The van der Waals surface area contributed by atoms with Crippen molar-refractivity contribution in [2.75, 3.05) is 33.5 Å². The van der Waals surface area contributed by atoms with Crippen LogP contribution in [0.2, 0.25) is 0 Å². The second-order valence-electron chi connectivity index (χ2n) is 11.3. The SMILES string of the molecule is COCCOCCOc1cccc2[nH]c(C(=O)NC(CC3CC3)C(=O)NC(C#N)CC3CC(C)(C)NC3=O)cc12. The topological polar surface area (TPSA) is 155 Å². The van der Waals surface area contributed by atoms with E-state index in [9.17, 15) is 19.6 Å². The Morgan fingerprint density at radius 2 is 1.93 bits per heavy atom. The Hall–Kier alpha value is -3.62. The molecule has 11 heteroatoms. The highest BCUT2D eigenvalue weighted by atomic mass is 16.5. The van der Waals surface area contributed by atoms with Crippen molar-refractivity contribution in [3.63, 3.8) is 0 Å². The van der Waals surface area contributed by atoms with E-state index in [2.05, 4.69) is 27.0 Å². The molecule has 0 spiro atoms. The highest BCUT2D eigenvalue weighted by Crippen LogP contribution is 2.34. The van der Waals surface area contributed by atoms with Gasteiger partial charge in [-0.25, -0.2) is 0 Å². The van der Waals surface area contributed by atoms with Gasteiger partial charge in [-0.3, -0.25) is 14.4 Å². The molecule has 3 amide bonds. The number of aromatic amines is 1. The minimum Gasteiger partial charge on any atom is -0.490 e. The number of H-pyrrole nitrogens is 1. The average molecular weight is 554 g/mol. The Morgan fingerprint density at radius 1 is 1.15 bits per heavy atom. The van der Waals surface area contributed by atoms with Gasteiger partial charge in [0.1, 0.15) is 30.1 Å². The molecule has 1 aromatic heterocycles. The molecule has 1 aliphatic heterocycles. The summed E-state index contributed by atoms with van der Waals surface area (Å²) in [5, 5.41) is 19.0. The van der Waals surface area contributed by atoms with Crippen molar-refractivity contribution >= 4 is 28.6 Å². The van der Waals surface area contributed by atoms with Gasteiger partial charge in [0.15, 0.2) is 0 Å². The van der Waals surface area contributed by atoms with E-state index < -0.39 is 23.9 Å². The first-order valence-corrected chi connectivity index (χ1v) is 13.8. The summed E-state index contributed by atoms with van der Waals surface area (Å²) in [6, 6.07) is 7.69. The van der Waals surface area contributed by atoms with E-state index in [1.54, 1.807) is 13.2 Å². The summed E-state index contributed by atoms with van der Waals surface area (Å²) < 4.78 is 16.3. The quantitative estimate of drug-likeness (QED) is 0.247. The molecule has 3 atom stereocenters. The summed E-state index contributed by atoms with van der Waals surface area (Å²) in [4.78, 5) is 41.9. The lowest BCUT2D eigenvalue weighted by Crippen LogP contribution is -2.50. The number of nitrogens with one attached hydrogen (secondary N) is 4. The lowest BCUT2D eigenvalue weighted by atomic mass is 9.92. The fourth-order valence-corrected chi connectivity index (χ4v) is 5.07. The second-order valence-corrected chi connectivity index (χ2v) is 11.3. The summed E-state index contributed by atoms with van der Waals surface area (Å²) in [5.41, 5.74) is 0.697. The molecule has 1 saturated heterocycles. The molecule has 11 nitrogen and oxygen atoms in total. The predicted molar refractivity (Wildman–Crippen MR) is 148 cm³/mol. The molecular formula is C29H39N5O6. The van der Waals surface area contributed by atoms with E-state index in [1.165, 1.54) is 0 Å². The Morgan fingerprint density at radius 3 is 2.60 bits per heavy atom. The van der Waals surface area contributed by atoms with Crippen molar-refractivity contribution in [1.29, 1.82) is 5.26 Å². The fraction of sp³-hybridized carbons (Fsp3) is 0.586. The maximum atomic E-state index is 13.2. The molecule has 2 fully saturated rings. The molecule has 2 aromatic rings. The number of hydrogen-bond acceptors (Lipinski definition) is 7. The second kappa shape index (κ2) is 13.2. The molecule has 3 unspecified atom stereocenters. The summed E-state index contributed by atoms with van der Waals surface area (Å²) in [5.74, 6) is -0.327. The number of methoxy groups -OCH3 is 1. The maximum absolute atomic E-state index is 13.2. The summed E-state index contributed by atoms with van der Waals surface area (Å²) in [7, 11) is 1.61. The third-order valence-electron chi connectivity index (χ3n) is 7.26. The summed E-state index contributed by atoms with van der Waals surface area (Å²) >= 11 is 0. The van der Waals surface area contributed by atoms with E-state index in [-0.39, 0.29) is 23.8 Å². The average Bonchev–Trinajstić information content (AvgIpc) is 3.55. The van der Waals surface area contributed by atoms with Crippen molar-refractivity contribution < 1.29 is 28.6 Å². The highest BCUT2D eigenvalue weighted by molar-refractivity contribution is 6.01. The van der Waals surface area contributed by atoms with Gasteiger partial charge in [-0.2, -0.15) is 5.26 Å². The van der Waals surface area contributed by atoms with Gasteiger partial charge in [-0.15, -0.1) is 0 Å². The van der Waals surface area contributed by atoms with Crippen LogP contribution < -0.4 is 20.7 Å². The fourth-order valence-electron chi connectivity index (χ4n) is 5.07. The zero-order valence-electron chi connectivity index (χ0n) is 23.4.